The van der Waals surface area contributed by atoms with Crippen molar-refractivity contribution < 1.29 is 0 Å². The van der Waals surface area contributed by atoms with Gasteiger partial charge in [-0.15, -0.1) is 19.1 Å². The predicted molar refractivity (Wildman–Crippen MR) is 89.3 cm³/mol. The van der Waals surface area contributed by atoms with E-state index in [1.54, 1.807) is 0 Å². The molecule has 0 radical (unpaired) electrons. The van der Waals surface area contributed by atoms with Crippen molar-refractivity contribution in [3.63, 3.8) is 0 Å². The molecule has 0 atom stereocenters. The molecule has 0 aromatic carbocycles. The molecule has 0 unspecified atom stereocenters. The van der Waals surface area contributed by atoms with E-state index in [1.165, 1.54) is 0 Å². The summed E-state index contributed by atoms with van der Waals surface area (Å²) in [7, 11) is 11.3. The van der Waals surface area contributed by atoms with Crippen LogP contribution in [0.15, 0.2) is 0 Å². The van der Waals surface area contributed by atoms with Crippen molar-refractivity contribution in [2.75, 3.05) is 42.3 Å². The Hall–Kier alpha value is 0.270. The SMILES string of the molecule is CN(C)[P+](NC(C)(C)CC(C)(C)C)(N(C)C)N(C)C. The molecule has 5 heteroatoms. The molecule has 0 rings (SSSR count). The van der Waals surface area contributed by atoms with Crippen LogP contribution in [-0.4, -0.2) is 61.8 Å². The average Bonchev–Trinajstić information content (AvgIpc) is 2.08. The van der Waals surface area contributed by atoms with Crippen LogP contribution in [0.25, 0.3) is 0 Å². The summed E-state index contributed by atoms with van der Waals surface area (Å²) in [6.45, 7) is 11.5. The lowest BCUT2D eigenvalue weighted by Gasteiger charge is -2.45. The van der Waals surface area contributed by atoms with Crippen molar-refractivity contribution in [2.24, 2.45) is 5.41 Å². The van der Waals surface area contributed by atoms with E-state index in [0.717, 1.165) is 6.42 Å². The average molecular weight is 291 g/mol. The Balaban J connectivity index is 5.33. The topological polar surface area (TPSA) is 21.8 Å². The van der Waals surface area contributed by atoms with Gasteiger partial charge in [0.1, 0.15) is 0 Å². The molecule has 0 aromatic rings. The number of nitrogens with zero attached hydrogens (tertiary/aromatic N) is 3. The fourth-order valence-electron chi connectivity index (χ4n) is 3.14. The van der Waals surface area contributed by atoms with Gasteiger partial charge in [0.05, 0.1) is 5.54 Å². The Morgan fingerprint density at radius 3 is 1.26 bits per heavy atom. The molecule has 19 heavy (non-hydrogen) atoms. The summed E-state index contributed by atoms with van der Waals surface area (Å²) in [5.41, 5.74) is 0.405. The van der Waals surface area contributed by atoms with E-state index in [1.807, 2.05) is 0 Å². The zero-order valence-electron chi connectivity index (χ0n) is 15.0. The maximum absolute atomic E-state index is 3.95. The molecule has 1 N–H and O–H groups in total. The molecule has 116 valence electrons. The summed E-state index contributed by atoms with van der Waals surface area (Å²) in [6, 6.07) is 0. The maximum Gasteiger partial charge on any atom is 0.304 e. The van der Waals surface area contributed by atoms with Crippen LogP contribution in [0.1, 0.15) is 41.0 Å². The fraction of sp³-hybridized carbons (Fsp3) is 1.00. The molecule has 0 saturated carbocycles. The van der Waals surface area contributed by atoms with E-state index in [9.17, 15) is 0 Å². The number of hydrogen-bond donors (Lipinski definition) is 1. The van der Waals surface area contributed by atoms with Crippen LogP contribution in [0.4, 0.5) is 0 Å². The summed E-state index contributed by atoms with van der Waals surface area (Å²) >= 11 is 0. The Bertz CT molecular complexity index is 258. The monoisotopic (exact) mass is 291 g/mol. The first kappa shape index (κ1) is 19.3. The minimum absolute atomic E-state index is 0.0881. The van der Waals surface area contributed by atoms with Gasteiger partial charge in [0.2, 0.25) is 0 Å². The van der Waals surface area contributed by atoms with Crippen molar-refractivity contribution in [1.29, 1.82) is 0 Å². The van der Waals surface area contributed by atoms with Crippen LogP contribution in [-0.2, 0) is 0 Å². The number of hydrogen-bond acceptors (Lipinski definition) is 4. The van der Waals surface area contributed by atoms with Crippen LogP contribution < -0.4 is 5.09 Å². The first-order chi connectivity index (χ1) is 8.24. The van der Waals surface area contributed by atoms with Gasteiger partial charge in [0.25, 0.3) is 0 Å². The molecule has 0 aliphatic heterocycles. The summed E-state index contributed by atoms with van der Waals surface area (Å²) in [4.78, 5) is 0. The third-order valence-electron chi connectivity index (χ3n) is 3.10. The van der Waals surface area contributed by atoms with Gasteiger partial charge in [0, 0.05) is 42.3 Å². The molecule has 4 nitrogen and oxygen atoms in total. The van der Waals surface area contributed by atoms with Crippen molar-refractivity contribution in [1.82, 2.24) is 19.1 Å². The molecule has 0 heterocycles. The largest absolute Gasteiger partial charge is 0.304 e. The Morgan fingerprint density at radius 2 is 1.05 bits per heavy atom. The minimum atomic E-state index is -1.67. The smallest absolute Gasteiger partial charge is 0.140 e. The highest BCUT2D eigenvalue weighted by Gasteiger charge is 2.52. The van der Waals surface area contributed by atoms with Gasteiger partial charge in [-0.05, 0) is 25.7 Å². The molecule has 0 saturated heterocycles. The molecule has 0 fully saturated rings. The quantitative estimate of drug-likeness (QED) is 0.759. The van der Waals surface area contributed by atoms with Gasteiger partial charge in [0.15, 0.2) is 0 Å². The van der Waals surface area contributed by atoms with Gasteiger partial charge in [-0.2, -0.15) is 0 Å². The van der Waals surface area contributed by atoms with Crippen LogP contribution in [0.2, 0.25) is 0 Å². The van der Waals surface area contributed by atoms with Gasteiger partial charge in [-0.3, -0.25) is 0 Å². The second-order valence-electron chi connectivity index (χ2n) is 7.84. The van der Waals surface area contributed by atoms with Gasteiger partial charge >= 0.3 is 7.87 Å². The Kier molecular flexibility index (Phi) is 6.45. The normalized spacial score (nSPS) is 14.8. The zero-order chi connectivity index (χ0) is 15.6. The van der Waals surface area contributed by atoms with Crippen LogP contribution in [0.5, 0.6) is 0 Å². The standard InChI is InChI=1S/C14H36N4P/c1-13(2,3)12-14(4,5)15-19(16(6)7,17(8)9)18(10)11/h15H,12H2,1-11H3/q+1. The molecule has 0 aliphatic rings. The molecule has 0 bridgehead atoms. The highest BCUT2D eigenvalue weighted by Crippen LogP contribution is 2.61. The highest BCUT2D eigenvalue weighted by atomic mass is 31.2. The lowest BCUT2D eigenvalue weighted by atomic mass is 9.82. The van der Waals surface area contributed by atoms with Gasteiger partial charge in [-0.1, -0.05) is 20.8 Å². The number of rotatable bonds is 6. The van der Waals surface area contributed by atoms with Crippen molar-refractivity contribution >= 4 is 7.87 Å². The third-order valence-corrected chi connectivity index (χ3v) is 7.35. The van der Waals surface area contributed by atoms with E-state index >= 15 is 0 Å². The lowest BCUT2D eigenvalue weighted by Crippen LogP contribution is -2.52. The Labute approximate surface area is 122 Å². The van der Waals surface area contributed by atoms with Gasteiger partial charge in [-0.25, -0.2) is 0 Å². The first-order valence-corrected chi connectivity index (χ1v) is 8.61. The van der Waals surface area contributed by atoms with Crippen molar-refractivity contribution in [3.05, 3.63) is 0 Å². The molecular weight excluding hydrogens is 255 g/mol. The Morgan fingerprint density at radius 1 is 0.737 bits per heavy atom. The zero-order valence-corrected chi connectivity index (χ0v) is 15.9. The summed E-state index contributed by atoms with van der Waals surface area (Å²) < 4.78 is 6.99. The van der Waals surface area contributed by atoms with Gasteiger partial charge < -0.3 is 0 Å². The van der Waals surface area contributed by atoms with E-state index in [4.69, 9.17) is 0 Å². The maximum atomic E-state index is 3.95. The molecule has 0 aromatic heterocycles. The van der Waals surface area contributed by atoms with Crippen molar-refractivity contribution in [3.8, 4) is 0 Å². The molecule has 0 aliphatic carbocycles. The van der Waals surface area contributed by atoms with E-state index < -0.39 is 7.87 Å². The fourth-order valence-corrected chi connectivity index (χ4v) is 6.78. The van der Waals surface area contributed by atoms with Crippen LogP contribution in [0.3, 0.4) is 0 Å². The van der Waals surface area contributed by atoms with Crippen LogP contribution >= 0.6 is 7.87 Å². The highest BCUT2D eigenvalue weighted by molar-refractivity contribution is 7.67. The third kappa shape index (κ3) is 5.28. The van der Waals surface area contributed by atoms with E-state index in [0.29, 0.717) is 5.41 Å². The van der Waals surface area contributed by atoms with E-state index in [-0.39, 0.29) is 5.54 Å². The minimum Gasteiger partial charge on any atom is -0.140 e. The molecular formula is C14H36N4P+. The van der Waals surface area contributed by atoms with E-state index in [2.05, 4.69) is 96.0 Å². The second-order valence-corrected chi connectivity index (χ2v) is 11.6. The van der Waals surface area contributed by atoms with Crippen molar-refractivity contribution in [2.45, 2.75) is 46.6 Å². The lowest BCUT2D eigenvalue weighted by molar-refractivity contribution is 0.258. The first-order valence-electron chi connectivity index (χ1n) is 6.96. The molecule has 0 amide bonds. The summed E-state index contributed by atoms with van der Waals surface area (Å²) in [6.07, 6.45) is 1.14. The number of nitrogens with one attached hydrogen (secondary N) is 1. The molecule has 0 spiro atoms. The van der Waals surface area contributed by atoms with Crippen LogP contribution in [0, 0.1) is 5.41 Å². The second kappa shape index (κ2) is 6.36. The summed E-state index contributed by atoms with van der Waals surface area (Å²) in [5, 5.41) is 3.95. The summed E-state index contributed by atoms with van der Waals surface area (Å²) in [5.74, 6) is 0. The predicted octanol–water partition coefficient (Wildman–Crippen LogP) is 3.15.